The smallest absolute Gasteiger partial charge is 0.305 e. The first-order chi connectivity index (χ1) is 36.9. The number of nitrogens with zero attached hydrogens (tertiary/aromatic N) is 1. The van der Waals surface area contributed by atoms with E-state index in [4.69, 9.17) is 28.4 Å². The second kappa shape index (κ2) is 63.0. The number of carbonyl (C=O) groups excluding carboxylic acids is 1. The molecule has 0 spiro atoms. The molecule has 0 aromatic carbocycles. The van der Waals surface area contributed by atoms with Gasteiger partial charge in [0.05, 0.1) is 66.3 Å². The van der Waals surface area contributed by atoms with Gasteiger partial charge in [-0.15, -0.1) is 0 Å². The van der Waals surface area contributed by atoms with Crippen molar-refractivity contribution in [3.8, 4) is 0 Å². The van der Waals surface area contributed by atoms with Crippen molar-refractivity contribution in [2.75, 3.05) is 80.0 Å². The molecule has 0 heterocycles. The van der Waals surface area contributed by atoms with Gasteiger partial charge in [0.15, 0.2) is 6.10 Å². The highest BCUT2D eigenvalue weighted by molar-refractivity contribution is 5.69. The van der Waals surface area contributed by atoms with Crippen molar-refractivity contribution in [3.63, 3.8) is 0 Å². The Hall–Kier alpha value is -1.87. The minimum absolute atomic E-state index is 0.0397. The molecule has 0 bridgehead atoms. The maximum Gasteiger partial charge on any atom is 0.305 e. The summed E-state index contributed by atoms with van der Waals surface area (Å²) in [5, 5.41) is 0. The van der Waals surface area contributed by atoms with Gasteiger partial charge >= 0.3 is 5.97 Å². The van der Waals surface area contributed by atoms with Crippen LogP contribution in [0.1, 0.15) is 303 Å². The van der Waals surface area contributed by atoms with Gasteiger partial charge < -0.3 is 32.9 Å². The van der Waals surface area contributed by atoms with E-state index >= 15 is 0 Å². The van der Waals surface area contributed by atoms with E-state index in [9.17, 15) is 4.79 Å². The zero-order valence-corrected chi connectivity index (χ0v) is 51.0. The van der Waals surface area contributed by atoms with Crippen LogP contribution in [0.5, 0.6) is 0 Å². The summed E-state index contributed by atoms with van der Waals surface area (Å²) in [7, 11) is 4.49. The lowest BCUT2D eigenvalue weighted by Gasteiger charge is -2.32. The van der Waals surface area contributed by atoms with E-state index in [1.54, 1.807) is 0 Å². The molecule has 1 unspecified atom stereocenters. The average molecular weight is 1060 g/mol. The number of unbranched alkanes of at least 4 members (excludes halogenated alkanes) is 39. The third-order valence-electron chi connectivity index (χ3n) is 14.7. The third kappa shape index (κ3) is 62.8. The first-order valence-corrected chi connectivity index (χ1v) is 32.9. The molecule has 0 radical (unpaired) electrons. The molecule has 1 atom stereocenters. The number of hydrogen-bond donors (Lipinski definition) is 0. The molecule has 8 nitrogen and oxygen atoms in total. The molecular weight excluding hydrogens is 931 g/mol. The van der Waals surface area contributed by atoms with E-state index in [-0.39, 0.29) is 12.1 Å². The number of rotatable bonds is 64. The molecular formula is C67H130NO7+. The zero-order chi connectivity index (χ0) is 54.3. The van der Waals surface area contributed by atoms with E-state index < -0.39 is 0 Å². The maximum absolute atomic E-state index is 12.1. The Labute approximate surface area is 468 Å². The first-order valence-electron chi connectivity index (χ1n) is 32.9. The molecule has 0 aromatic heterocycles. The molecule has 444 valence electrons. The summed E-state index contributed by atoms with van der Waals surface area (Å²) < 4.78 is 35.9. The molecule has 0 aromatic rings. The van der Waals surface area contributed by atoms with E-state index in [1.165, 1.54) is 250 Å². The Balaban J connectivity index is 4.23. The third-order valence-corrected chi connectivity index (χ3v) is 14.7. The van der Waals surface area contributed by atoms with Crippen LogP contribution in [0.2, 0.25) is 0 Å². The summed E-state index contributed by atoms with van der Waals surface area (Å²) in [6, 6.07) is 0. The molecule has 8 heteroatoms. The fourth-order valence-electron chi connectivity index (χ4n) is 9.70. The molecule has 0 fully saturated rings. The predicted octanol–water partition coefficient (Wildman–Crippen LogP) is 19.9. The summed E-state index contributed by atoms with van der Waals surface area (Å²) in [5.74, 6) is -0.122. The van der Waals surface area contributed by atoms with Crippen molar-refractivity contribution in [2.45, 2.75) is 309 Å². The van der Waals surface area contributed by atoms with Gasteiger partial charge in [0.2, 0.25) is 0 Å². The molecule has 0 aliphatic heterocycles. The largest absolute Gasteiger partial charge is 0.497 e. The Morgan fingerprint density at radius 1 is 0.373 bits per heavy atom. The van der Waals surface area contributed by atoms with Crippen molar-refractivity contribution in [1.29, 1.82) is 0 Å². The van der Waals surface area contributed by atoms with Gasteiger partial charge in [-0.05, 0) is 69.9 Å². The number of carbonyl (C=O) groups is 1. The average Bonchev–Trinajstić information content (AvgIpc) is 3.40. The van der Waals surface area contributed by atoms with Crippen LogP contribution in [0.3, 0.4) is 0 Å². The highest BCUT2D eigenvalue weighted by Gasteiger charge is 2.23. The Kier molecular flexibility index (Phi) is 61.4. The van der Waals surface area contributed by atoms with Gasteiger partial charge in [-0.3, -0.25) is 4.79 Å². The molecule has 0 amide bonds. The van der Waals surface area contributed by atoms with Crippen LogP contribution in [0.25, 0.3) is 0 Å². The lowest BCUT2D eigenvalue weighted by molar-refractivity contribution is -0.893. The summed E-state index contributed by atoms with van der Waals surface area (Å²) >= 11 is 0. The highest BCUT2D eigenvalue weighted by Crippen LogP contribution is 2.16. The quantitative estimate of drug-likeness (QED) is 0.0198. The van der Waals surface area contributed by atoms with Gasteiger partial charge in [0.1, 0.15) is 26.3 Å². The topological polar surface area (TPSA) is 72.5 Å². The zero-order valence-electron chi connectivity index (χ0n) is 51.0. The van der Waals surface area contributed by atoms with E-state index in [0.29, 0.717) is 59.3 Å². The van der Waals surface area contributed by atoms with Crippen LogP contribution in [0.15, 0.2) is 36.8 Å². The standard InChI is InChI=1S/C67H130NO7/c1-6-9-12-15-18-21-24-27-30-33-36-39-42-45-48-51-55-73-65-66(74-56-52-49-46-43-40-37-34-31-28-25-22-19-16-13-10-7-2)64-68(4,5)54-57-70-58-59-71-60-61-72-62-63-75-67(69)53-50-47-44-41-38-35-32-29-26-23-20-17-14-11-8-3/h29,32,51-52,55-56,66H,6-28,30-31,33-50,53-54,57-65H2,1-5H3/q+1/b32-29+,55-51+,56-52+. The normalized spacial score (nSPS) is 12.5. The molecule has 0 aliphatic carbocycles. The number of hydrogen-bond acceptors (Lipinski definition) is 7. The van der Waals surface area contributed by atoms with Crippen molar-refractivity contribution in [3.05, 3.63) is 36.8 Å². The number of quaternary nitrogens is 1. The van der Waals surface area contributed by atoms with Gasteiger partial charge in [0, 0.05) is 6.42 Å². The minimum Gasteiger partial charge on any atom is -0.497 e. The number of allylic oxidation sites excluding steroid dienone is 4. The summed E-state index contributed by atoms with van der Waals surface area (Å²) in [6.07, 6.45) is 70.7. The van der Waals surface area contributed by atoms with Crippen LogP contribution < -0.4 is 0 Å². The summed E-state index contributed by atoms with van der Waals surface area (Å²) in [6.45, 7) is 12.5. The number of likely N-dealkylation sites (N-methyl/N-ethyl adjacent to an activating group) is 1. The van der Waals surface area contributed by atoms with Crippen molar-refractivity contribution in [1.82, 2.24) is 0 Å². The van der Waals surface area contributed by atoms with Crippen LogP contribution in [-0.2, 0) is 33.2 Å². The van der Waals surface area contributed by atoms with E-state index in [1.807, 2.05) is 12.5 Å². The maximum atomic E-state index is 12.1. The van der Waals surface area contributed by atoms with Crippen molar-refractivity contribution in [2.24, 2.45) is 0 Å². The fraction of sp³-hybridized carbons (Fsp3) is 0.896. The van der Waals surface area contributed by atoms with Crippen molar-refractivity contribution >= 4 is 5.97 Å². The van der Waals surface area contributed by atoms with E-state index in [0.717, 1.165) is 43.3 Å². The molecule has 75 heavy (non-hydrogen) atoms. The van der Waals surface area contributed by atoms with Crippen LogP contribution in [0.4, 0.5) is 0 Å². The molecule has 0 N–H and O–H groups in total. The number of esters is 1. The van der Waals surface area contributed by atoms with Gasteiger partial charge in [-0.25, -0.2) is 0 Å². The SMILES string of the molecule is CCCCCCCC/C=C/CCCCCCCC(=O)OCCOCCOCCOCC[N+](C)(C)CC(CO/C=C/CCCCCCCCCCCCCCCC)O/C=C/CCCCCCCCCCCCCCCC. The molecule has 0 aliphatic rings. The van der Waals surface area contributed by atoms with Crippen LogP contribution in [0, 0.1) is 0 Å². The van der Waals surface area contributed by atoms with Crippen LogP contribution in [-0.4, -0.2) is 96.6 Å². The Bertz CT molecular complexity index is 1190. The van der Waals surface area contributed by atoms with Gasteiger partial charge in [0.25, 0.3) is 0 Å². The molecule has 0 saturated heterocycles. The predicted molar refractivity (Wildman–Crippen MR) is 324 cm³/mol. The minimum atomic E-state index is -0.122. The van der Waals surface area contributed by atoms with Crippen LogP contribution >= 0.6 is 0 Å². The van der Waals surface area contributed by atoms with E-state index in [2.05, 4.69) is 59.2 Å². The summed E-state index contributed by atoms with van der Waals surface area (Å²) in [5.41, 5.74) is 0. The lowest BCUT2D eigenvalue weighted by Crippen LogP contribution is -2.48. The van der Waals surface area contributed by atoms with Gasteiger partial charge in [-0.2, -0.15) is 0 Å². The second-order valence-corrected chi connectivity index (χ2v) is 22.8. The Morgan fingerprint density at radius 2 is 0.693 bits per heavy atom. The van der Waals surface area contributed by atoms with Gasteiger partial charge in [-0.1, -0.05) is 251 Å². The van der Waals surface area contributed by atoms with Crippen molar-refractivity contribution < 1.29 is 37.7 Å². The first kappa shape index (κ1) is 73.1. The second-order valence-electron chi connectivity index (χ2n) is 22.8. The molecule has 0 rings (SSSR count). The number of ether oxygens (including phenoxy) is 6. The monoisotopic (exact) mass is 1060 g/mol. The summed E-state index contributed by atoms with van der Waals surface area (Å²) in [4.78, 5) is 12.1. The Morgan fingerprint density at radius 3 is 1.09 bits per heavy atom. The molecule has 0 saturated carbocycles. The lowest BCUT2D eigenvalue weighted by atomic mass is 10.0. The highest BCUT2D eigenvalue weighted by atomic mass is 16.6. The fourth-order valence-corrected chi connectivity index (χ4v) is 9.70.